The van der Waals surface area contributed by atoms with Crippen LogP contribution in [0.15, 0.2) is 18.2 Å². The summed E-state index contributed by atoms with van der Waals surface area (Å²) in [6.45, 7) is 0.949. The minimum atomic E-state index is -0.845. The average molecular weight is 269 g/mol. The van der Waals surface area contributed by atoms with Gasteiger partial charge < -0.3 is 10.2 Å². The van der Waals surface area contributed by atoms with Crippen molar-refractivity contribution in [2.24, 2.45) is 0 Å². The highest BCUT2D eigenvalue weighted by Gasteiger charge is 2.14. The number of hydrogen-bond donors (Lipinski definition) is 1. The average Bonchev–Trinajstić information content (AvgIpc) is 2.35. The molecule has 0 aliphatic rings. The zero-order valence-corrected chi connectivity index (χ0v) is 10.9. The normalized spacial score (nSPS) is 10.5. The molecule has 7 heteroatoms. The Morgan fingerprint density at radius 1 is 1.53 bits per heavy atom. The number of hydrogen-bond acceptors (Lipinski definition) is 4. The van der Waals surface area contributed by atoms with Crippen LogP contribution in [0.5, 0.6) is 0 Å². The van der Waals surface area contributed by atoms with Gasteiger partial charge in [0.25, 0.3) is 0 Å². The highest BCUT2D eigenvalue weighted by molar-refractivity contribution is 5.75. The summed E-state index contributed by atoms with van der Waals surface area (Å²) in [5.41, 5.74) is 0.0965. The molecule has 104 valence electrons. The minimum Gasteiger partial charge on any atom is -0.359 e. The lowest BCUT2D eigenvalue weighted by molar-refractivity contribution is -0.387. The summed E-state index contributed by atoms with van der Waals surface area (Å²) in [6, 6.07) is 3.81. The zero-order valence-electron chi connectivity index (χ0n) is 10.9. The lowest BCUT2D eigenvalue weighted by atomic mass is 10.2. The van der Waals surface area contributed by atoms with Crippen molar-refractivity contribution in [1.82, 2.24) is 10.2 Å². The summed E-state index contributed by atoms with van der Waals surface area (Å²) >= 11 is 0. The summed E-state index contributed by atoms with van der Waals surface area (Å²) in [5, 5.41) is 13.0. The van der Waals surface area contributed by atoms with E-state index in [1.165, 1.54) is 6.07 Å². The van der Waals surface area contributed by atoms with E-state index in [2.05, 4.69) is 5.32 Å². The Morgan fingerprint density at radius 2 is 2.21 bits per heavy atom. The molecule has 0 saturated heterocycles. The van der Waals surface area contributed by atoms with Crippen LogP contribution in [-0.4, -0.2) is 36.4 Å². The molecule has 0 radical (unpaired) electrons. The number of benzene rings is 1. The van der Waals surface area contributed by atoms with E-state index in [0.29, 0.717) is 25.1 Å². The maximum atomic E-state index is 13.4. The van der Waals surface area contributed by atoms with Crippen LogP contribution >= 0.6 is 0 Å². The summed E-state index contributed by atoms with van der Waals surface area (Å²) < 4.78 is 13.4. The maximum absolute atomic E-state index is 13.4. The largest absolute Gasteiger partial charge is 0.359 e. The Balaban J connectivity index is 2.60. The summed E-state index contributed by atoms with van der Waals surface area (Å²) in [5.74, 6) is -0.913. The van der Waals surface area contributed by atoms with Crippen molar-refractivity contribution < 1.29 is 14.1 Å². The number of nitrogens with zero attached hydrogens (tertiary/aromatic N) is 2. The van der Waals surface area contributed by atoms with Crippen LogP contribution in [-0.2, 0) is 11.3 Å². The van der Waals surface area contributed by atoms with Gasteiger partial charge >= 0.3 is 5.69 Å². The van der Waals surface area contributed by atoms with Crippen LogP contribution in [0.4, 0.5) is 10.1 Å². The second kappa shape index (κ2) is 6.79. The molecule has 0 saturated carbocycles. The minimum absolute atomic E-state index is 0.0678. The Bertz CT molecular complexity index is 479. The molecule has 0 aliphatic heterocycles. The van der Waals surface area contributed by atoms with Crippen LogP contribution < -0.4 is 5.32 Å². The molecule has 1 N–H and O–H groups in total. The lowest BCUT2D eigenvalue weighted by Crippen LogP contribution is -2.26. The number of halogens is 1. The number of amides is 1. The van der Waals surface area contributed by atoms with Gasteiger partial charge in [0.1, 0.15) is 0 Å². The Kier molecular flexibility index (Phi) is 5.37. The van der Waals surface area contributed by atoms with Gasteiger partial charge in [-0.1, -0.05) is 6.07 Å². The van der Waals surface area contributed by atoms with E-state index >= 15 is 0 Å². The van der Waals surface area contributed by atoms with E-state index in [1.54, 1.807) is 14.1 Å². The fourth-order valence-corrected chi connectivity index (χ4v) is 1.60. The number of rotatable bonds is 6. The first kappa shape index (κ1) is 15.0. The van der Waals surface area contributed by atoms with Crippen molar-refractivity contribution in [1.29, 1.82) is 0 Å². The molecule has 1 amide bonds. The summed E-state index contributed by atoms with van der Waals surface area (Å²) in [4.78, 5) is 22.6. The standard InChI is InChI=1S/C12H16FN3O3/c1-14-12(17)5-6-15(2)8-9-3-4-11(16(18)19)10(13)7-9/h3-4,7H,5-6,8H2,1-2H3,(H,14,17). The second-order valence-electron chi connectivity index (χ2n) is 4.20. The maximum Gasteiger partial charge on any atom is 0.304 e. The number of nitro benzene ring substituents is 1. The number of carbonyl (C=O) groups excluding carboxylic acids is 1. The highest BCUT2D eigenvalue weighted by Crippen LogP contribution is 2.18. The van der Waals surface area contributed by atoms with Gasteiger partial charge in [0, 0.05) is 32.6 Å². The molecule has 0 unspecified atom stereocenters. The lowest BCUT2D eigenvalue weighted by Gasteiger charge is -2.16. The van der Waals surface area contributed by atoms with Crippen molar-refractivity contribution in [2.45, 2.75) is 13.0 Å². The molecular formula is C12H16FN3O3. The van der Waals surface area contributed by atoms with Gasteiger partial charge in [-0.25, -0.2) is 0 Å². The van der Waals surface area contributed by atoms with Gasteiger partial charge in [0.2, 0.25) is 11.7 Å². The first-order valence-electron chi connectivity index (χ1n) is 5.76. The SMILES string of the molecule is CNC(=O)CCN(C)Cc1ccc([N+](=O)[O-])c(F)c1. The first-order valence-corrected chi connectivity index (χ1v) is 5.76. The predicted octanol–water partition coefficient (Wildman–Crippen LogP) is 1.30. The van der Waals surface area contributed by atoms with Gasteiger partial charge in [-0.3, -0.25) is 14.9 Å². The predicted molar refractivity (Wildman–Crippen MR) is 68.1 cm³/mol. The third-order valence-electron chi connectivity index (χ3n) is 2.66. The van der Waals surface area contributed by atoms with Gasteiger partial charge in [0.15, 0.2) is 0 Å². The van der Waals surface area contributed by atoms with Crippen LogP contribution in [0.1, 0.15) is 12.0 Å². The molecule has 0 atom stereocenters. The van der Waals surface area contributed by atoms with E-state index in [0.717, 1.165) is 12.1 Å². The van der Waals surface area contributed by atoms with Crippen molar-refractivity contribution in [3.05, 3.63) is 39.7 Å². The summed E-state index contributed by atoms with van der Waals surface area (Å²) in [7, 11) is 3.36. The molecule has 1 aromatic rings. The number of nitrogens with one attached hydrogen (secondary N) is 1. The van der Waals surface area contributed by atoms with E-state index < -0.39 is 16.4 Å². The molecule has 19 heavy (non-hydrogen) atoms. The van der Waals surface area contributed by atoms with E-state index in [1.807, 2.05) is 4.90 Å². The van der Waals surface area contributed by atoms with Gasteiger partial charge in [-0.2, -0.15) is 4.39 Å². The smallest absolute Gasteiger partial charge is 0.304 e. The number of nitro groups is 1. The van der Waals surface area contributed by atoms with Crippen LogP contribution in [0.2, 0.25) is 0 Å². The molecule has 0 bridgehead atoms. The molecule has 0 fully saturated rings. The number of carbonyl (C=O) groups is 1. The molecule has 1 rings (SSSR count). The highest BCUT2D eigenvalue weighted by atomic mass is 19.1. The van der Waals surface area contributed by atoms with Crippen molar-refractivity contribution in [3.63, 3.8) is 0 Å². The third-order valence-corrected chi connectivity index (χ3v) is 2.66. The Labute approximate surface area is 110 Å². The molecule has 1 aromatic carbocycles. The molecule has 0 aliphatic carbocycles. The van der Waals surface area contributed by atoms with Crippen LogP contribution in [0, 0.1) is 15.9 Å². The monoisotopic (exact) mass is 269 g/mol. The van der Waals surface area contributed by atoms with Gasteiger partial charge in [-0.15, -0.1) is 0 Å². The molecule has 0 aromatic heterocycles. The zero-order chi connectivity index (χ0) is 14.4. The van der Waals surface area contributed by atoms with E-state index in [9.17, 15) is 19.3 Å². The topological polar surface area (TPSA) is 75.5 Å². The van der Waals surface area contributed by atoms with Crippen LogP contribution in [0.3, 0.4) is 0 Å². The fraction of sp³-hybridized carbons (Fsp3) is 0.417. The summed E-state index contributed by atoms with van der Waals surface area (Å²) in [6.07, 6.45) is 0.350. The Hall–Kier alpha value is -2.02. The van der Waals surface area contributed by atoms with Crippen LogP contribution in [0.25, 0.3) is 0 Å². The van der Waals surface area contributed by atoms with Crippen molar-refractivity contribution >= 4 is 11.6 Å². The van der Waals surface area contributed by atoms with Crippen molar-refractivity contribution in [3.8, 4) is 0 Å². The molecule has 0 spiro atoms. The van der Waals surface area contributed by atoms with Gasteiger partial charge in [0.05, 0.1) is 4.92 Å². The molecule has 0 heterocycles. The Morgan fingerprint density at radius 3 is 2.74 bits per heavy atom. The quantitative estimate of drug-likeness (QED) is 0.624. The van der Waals surface area contributed by atoms with E-state index in [4.69, 9.17) is 0 Å². The van der Waals surface area contributed by atoms with E-state index in [-0.39, 0.29) is 5.91 Å². The third kappa shape index (κ3) is 4.63. The van der Waals surface area contributed by atoms with Crippen molar-refractivity contribution in [2.75, 3.05) is 20.6 Å². The fourth-order valence-electron chi connectivity index (χ4n) is 1.60. The second-order valence-corrected chi connectivity index (χ2v) is 4.20. The first-order chi connectivity index (χ1) is 8.93. The molecule has 6 nitrogen and oxygen atoms in total. The molecular weight excluding hydrogens is 253 g/mol. The van der Waals surface area contributed by atoms with Gasteiger partial charge in [-0.05, 0) is 18.7 Å².